The molecule has 1 amide bonds. The number of aromatic nitrogens is 1. The van der Waals surface area contributed by atoms with E-state index in [1.807, 2.05) is 19.1 Å². The van der Waals surface area contributed by atoms with E-state index in [-0.39, 0.29) is 11.7 Å². The average Bonchev–Trinajstić information content (AvgIpc) is 3.03. The van der Waals surface area contributed by atoms with Crippen molar-refractivity contribution in [1.82, 2.24) is 4.98 Å². The second-order valence-corrected chi connectivity index (χ2v) is 8.14. The molecule has 0 fully saturated rings. The number of thiazole rings is 1. The van der Waals surface area contributed by atoms with E-state index in [4.69, 9.17) is 16.3 Å². The molecular formula is C18H15ClN2O3S2. The Morgan fingerprint density at radius 1 is 1.27 bits per heavy atom. The zero-order valence-corrected chi connectivity index (χ0v) is 16.4. The lowest BCUT2D eigenvalue weighted by molar-refractivity contribution is -0.113. The Kier molecular flexibility index (Phi) is 5.80. The van der Waals surface area contributed by atoms with Crippen LogP contribution in [0.25, 0.3) is 10.2 Å². The lowest BCUT2D eigenvalue weighted by Gasteiger charge is -2.09. The number of hydrogen-bond donors (Lipinski definition) is 1. The second kappa shape index (κ2) is 8.07. The second-order valence-electron chi connectivity index (χ2n) is 5.45. The first-order valence-electron chi connectivity index (χ1n) is 7.64. The molecular weight excluding hydrogens is 392 g/mol. The van der Waals surface area contributed by atoms with Crippen molar-refractivity contribution >= 4 is 62.5 Å². The number of amides is 1. The molecule has 0 aliphatic rings. The monoisotopic (exact) mass is 406 g/mol. The largest absolute Gasteiger partial charge is 0.465 e. The van der Waals surface area contributed by atoms with E-state index >= 15 is 0 Å². The highest BCUT2D eigenvalue weighted by Crippen LogP contribution is 2.31. The molecule has 0 saturated heterocycles. The first-order valence-corrected chi connectivity index (χ1v) is 9.82. The summed E-state index contributed by atoms with van der Waals surface area (Å²) >= 11 is 8.85. The van der Waals surface area contributed by atoms with Crippen LogP contribution < -0.4 is 5.32 Å². The molecule has 1 heterocycles. The summed E-state index contributed by atoms with van der Waals surface area (Å²) < 4.78 is 6.54. The Morgan fingerprint density at radius 2 is 2.08 bits per heavy atom. The Labute approximate surface area is 163 Å². The SMILES string of the molecule is COC(=O)c1ccc(C)c(NC(=O)CSc2nc3cc(Cl)ccc3s2)c1. The smallest absolute Gasteiger partial charge is 0.337 e. The van der Waals surface area contributed by atoms with Gasteiger partial charge in [0.05, 0.1) is 28.6 Å². The number of thioether (sulfide) groups is 1. The van der Waals surface area contributed by atoms with Crippen molar-refractivity contribution in [3.63, 3.8) is 0 Å². The van der Waals surface area contributed by atoms with Crippen LogP contribution in [-0.2, 0) is 9.53 Å². The number of carbonyl (C=O) groups excluding carboxylic acids is 2. The van der Waals surface area contributed by atoms with Gasteiger partial charge in [-0.25, -0.2) is 9.78 Å². The van der Waals surface area contributed by atoms with Gasteiger partial charge in [-0.1, -0.05) is 29.4 Å². The summed E-state index contributed by atoms with van der Waals surface area (Å²) in [6, 6.07) is 10.6. The number of anilines is 1. The van der Waals surface area contributed by atoms with Crippen LogP contribution in [0.3, 0.4) is 0 Å². The molecule has 5 nitrogen and oxygen atoms in total. The molecule has 2 aromatic carbocycles. The molecule has 0 aliphatic carbocycles. The van der Waals surface area contributed by atoms with Gasteiger partial charge in [-0.15, -0.1) is 11.3 Å². The molecule has 134 valence electrons. The van der Waals surface area contributed by atoms with Crippen molar-refractivity contribution < 1.29 is 14.3 Å². The van der Waals surface area contributed by atoms with E-state index in [9.17, 15) is 9.59 Å². The predicted molar refractivity (Wildman–Crippen MR) is 107 cm³/mol. The summed E-state index contributed by atoms with van der Waals surface area (Å²) in [4.78, 5) is 28.4. The number of carbonyl (C=O) groups is 2. The van der Waals surface area contributed by atoms with Crippen LogP contribution in [0.2, 0.25) is 5.02 Å². The molecule has 1 aromatic heterocycles. The minimum Gasteiger partial charge on any atom is -0.465 e. The predicted octanol–water partition coefficient (Wildman–Crippen LogP) is 4.78. The minimum absolute atomic E-state index is 0.169. The average molecular weight is 407 g/mol. The van der Waals surface area contributed by atoms with Gasteiger partial charge in [0.25, 0.3) is 0 Å². The van der Waals surface area contributed by atoms with E-state index in [0.29, 0.717) is 16.3 Å². The number of benzene rings is 2. The fourth-order valence-electron chi connectivity index (χ4n) is 2.26. The summed E-state index contributed by atoms with van der Waals surface area (Å²) in [6.07, 6.45) is 0. The fraction of sp³-hybridized carbons (Fsp3) is 0.167. The molecule has 26 heavy (non-hydrogen) atoms. The Hall–Kier alpha value is -2.09. The number of methoxy groups -OCH3 is 1. The normalized spacial score (nSPS) is 10.7. The molecule has 0 unspecified atom stereocenters. The molecule has 0 spiro atoms. The topological polar surface area (TPSA) is 68.3 Å². The summed E-state index contributed by atoms with van der Waals surface area (Å²) in [5.74, 6) is -0.393. The van der Waals surface area contributed by atoms with Crippen LogP contribution in [-0.4, -0.2) is 29.7 Å². The van der Waals surface area contributed by atoms with Gasteiger partial charge in [-0.2, -0.15) is 0 Å². The van der Waals surface area contributed by atoms with E-state index in [1.54, 1.807) is 24.3 Å². The maximum Gasteiger partial charge on any atom is 0.337 e. The molecule has 8 heteroatoms. The molecule has 0 radical (unpaired) electrons. The van der Waals surface area contributed by atoms with Gasteiger partial charge in [0.2, 0.25) is 5.91 Å². The molecule has 0 saturated carbocycles. The molecule has 0 aliphatic heterocycles. The fourth-order valence-corrected chi connectivity index (χ4v) is 4.27. The van der Waals surface area contributed by atoms with Crippen molar-refractivity contribution in [3.8, 4) is 0 Å². The number of nitrogens with one attached hydrogen (secondary N) is 1. The van der Waals surface area contributed by atoms with Crippen molar-refractivity contribution in [2.75, 3.05) is 18.2 Å². The van der Waals surface area contributed by atoms with Gasteiger partial charge in [-0.3, -0.25) is 4.79 Å². The number of nitrogens with zero attached hydrogens (tertiary/aromatic N) is 1. The summed E-state index contributed by atoms with van der Waals surface area (Å²) in [5, 5.41) is 3.47. The van der Waals surface area contributed by atoms with Gasteiger partial charge in [-0.05, 0) is 42.8 Å². The molecule has 0 atom stereocenters. The van der Waals surface area contributed by atoms with Crippen molar-refractivity contribution in [1.29, 1.82) is 0 Å². The van der Waals surface area contributed by atoms with Crippen LogP contribution in [0.1, 0.15) is 15.9 Å². The number of aryl methyl sites for hydroxylation is 1. The summed E-state index contributed by atoms with van der Waals surface area (Å²) in [6.45, 7) is 1.86. The molecule has 3 aromatic rings. The number of hydrogen-bond acceptors (Lipinski definition) is 6. The van der Waals surface area contributed by atoms with Crippen LogP contribution in [0.5, 0.6) is 0 Å². The van der Waals surface area contributed by atoms with E-state index in [0.717, 1.165) is 20.1 Å². The van der Waals surface area contributed by atoms with Crippen LogP contribution >= 0.6 is 34.7 Å². The number of rotatable bonds is 5. The van der Waals surface area contributed by atoms with Crippen LogP contribution in [0, 0.1) is 6.92 Å². The molecule has 3 rings (SSSR count). The van der Waals surface area contributed by atoms with E-state index < -0.39 is 5.97 Å². The summed E-state index contributed by atoms with van der Waals surface area (Å²) in [5.41, 5.74) is 2.68. The maximum atomic E-state index is 12.3. The van der Waals surface area contributed by atoms with Crippen molar-refractivity contribution in [3.05, 3.63) is 52.5 Å². The third-order valence-electron chi connectivity index (χ3n) is 3.59. The lowest BCUT2D eigenvalue weighted by Crippen LogP contribution is -2.15. The third-order valence-corrected chi connectivity index (χ3v) is 6.00. The van der Waals surface area contributed by atoms with E-state index in [2.05, 4.69) is 10.3 Å². The number of halogens is 1. The van der Waals surface area contributed by atoms with Gasteiger partial charge >= 0.3 is 5.97 Å². The Balaban J connectivity index is 1.66. The van der Waals surface area contributed by atoms with Gasteiger partial charge in [0.15, 0.2) is 4.34 Å². The van der Waals surface area contributed by atoms with Crippen LogP contribution in [0.15, 0.2) is 40.7 Å². The highest BCUT2D eigenvalue weighted by molar-refractivity contribution is 8.01. The minimum atomic E-state index is -0.442. The number of ether oxygens (including phenoxy) is 1. The standard InChI is InChI=1S/C18H15ClN2O3S2/c1-10-3-4-11(17(23)24-2)7-13(10)20-16(22)9-25-18-21-14-8-12(19)5-6-15(14)26-18/h3-8H,9H2,1-2H3,(H,20,22). The van der Waals surface area contributed by atoms with Crippen molar-refractivity contribution in [2.45, 2.75) is 11.3 Å². The van der Waals surface area contributed by atoms with E-state index in [1.165, 1.54) is 30.2 Å². The Morgan fingerprint density at radius 3 is 2.85 bits per heavy atom. The number of esters is 1. The highest BCUT2D eigenvalue weighted by Gasteiger charge is 2.12. The first kappa shape index (κ1) is 18.7. The third kappa shape index (κ3) is 4.35. The lowest BCUT2D eigenvalue weighted by atomic mass is 10.1. The quantitative estimate of drug-likeness (QED) is 0.488. The van der Waals surface area contributed by atoms with Gasteiger partial charge in [0, 0.05) is 10.7 Å². The van der Waals surface area contributed by atoms with Crippen molar-refractivity contribution in [2.24, 2.45) is 0 Å². The maximum absolute atomic E-state index is 12.3. The van der Waals surface area contributed by atoms with Crippen LogP contribution in [0.4, 0.5) is 5.69 Å². The number of fused-ring (bicyclic) bond motifs is 1. The molecule has 0 bridgehead atoms. The van der Waals surface area contributed by atoms with Gasteiger partial charge in [0.1, 0.15) is 0 Å². The first-order chi connectivity index (χ1) is 12.5. The Bertz CT molecular complexity index is 988. The molecule has 1 N–H and O–H groups in total. The zero-order valence-electron chi connectivity index (χ0n) is 14.0. The summed E-state index contributed by atoms with van der Waals surface area (Å²) in [7, 11) is 1.32. The zero-order chi connectivity index (χ0) is 18.7. The van der Waals surface area contributed by atoms with Gasteiger partial charge < -0.3 is 10.1 Å². The highest BCUT2D eigenvalue weighted by atomic mass is 35.5.